The smallest absolute Gasteiger partial charge is 0.221 e. The monoisotopic (exact) mass is 463 g/mol. The molecule has 3 aromatic rings. The van der Waals surface area contributed by atoms with Crippen LogP contribution in [-0.4, -0.2) is 27.7 Å². The number of hydrogen-bond donors (Lipinski definition) is 2. The summed E-state index contributed by atoms with van der Waals surface area (Å²) in [6.07, 6.45) is 6.06. The van der Waals surface area contributed by atoms with Gasteiger partial charge in [-0.25, -0.2) is 0 Å². The third-order valence-corrected chi connectivity index (χ3v) is 6.02. The lowest BCUT2D eigenvalue weighted by Crippen LogP contribution is -2.29. The van der Waals surface area contributed by atoms with Gasteiger partial charge in [0.1, 0.15) is 5.75 Å². The van der Waals surface area contributed by atoms with Gasteiger partial charge in [-0.15, -0.1) is 0 Å². The summed E-state index contributed by atoms with van der Waals surface area (Å²) in [4.78, 5) is 18.5. The van der Waals surface area contributed by atoms with E-state index in [-0.39, 0.29) is 23.5 Å². The van der Waals surface area contributed by atoms with Gasteiger partial charge in [0.25, 0.3) is 0 Å². The van der Waals surface area contributed by atoms with E-state index in [2.05, 4.69) is 64.3 Å². The Kier molecular flexibility index (Phi) is 6.12. The summed E-state index contributed by atoms with van der Waals surface area (Å²) in [5, 5.41) is 6.92. The van der Waals surface area contributed by atoms with Gasteiger partial charge in [0.05, 0.1) is 30.6 Å². The Morgan fingerprint density at radius 2 is 2.00 bits per heavy atom. The van der Waals surface area contributed by atoms with Gasteiger partial charge in [-0.3, -0.25) is 9.78 Å². The molecule has 2 aromatic heterocycles. The molecular weight excluding hydrogens is 434 g/mol. The van der Waals surface area contributed by atoms with Gasteiger partial charge in [-0.1, -0.05) is 6.07 Å². The highest BCUT2D eigenvalue weighted by molar-refractivity contribution is 7.80. The van der Waals surface area contributed by atoms with Crippen LogP contribution in [0, 0.1) is 0 Å². The van der Waals surface area contributed by atoms with Crippen LogP contribution in [0.15, 0.2) is 61.1 Å². The van der Waals surface area contributed by atoms with Gasteiger partial charge in [-0.2, -0.15) is 0 Å². The Morgan fingerprint density at radius 3 is 2.61 bits per heavy atom. The van der Waals surface area contributed by atoms with E-state index < -0.39 is 0 Å². The molecule has 4 rings (SSSR count). The normalized spacial score (nSPS) is 18.2. The number of thiocarbonyl (C=S) groups is 1. The molecule has 1 fully saturated rings. The molecule has 0 radical (unpaired) electrons. The Labute approximate surface area is 199 Å². The van der Waals surface area contributed by atoms with E-state index in [0.717, 1.165) is 16.9 Å². The molecule has 0 unspecified atom stereocenters. The highest BCUT2D eigenvalue weighted by atomic mass is 32.1. The number of carbonyl (C=O) groups excluding carboxylic acids is 1. The molecule has 0 bridgehead atoms. The fraction of sp³-hybridized carbons (Fsp3) is 0.320. The van der Waals surface area contributed by atoms with Crippen LogP contribution in [-0.2, 0) is 10.3 Å². The first-order valence-corrected chi connectivity index (χ1v) is 11.2. The van der Waals surface area contributed by atoms with Crippen LogP contribution in [0.1, 0.15) is 51.0 Å². The molecule has 172 valence electrons. The first-order chi connectivity index (χ1) is 15.7. The van der Waals surface area contributed by atoms with Crippen molar-refractivity contribution >= 4 is 34.6 Å². The Balaban J connectivity index is 1.83. The largest absolute Gasteiger partial charge is 0.495 e. The average Bonchev–Trinajstić information content (AvgIpc) is 3.38. The Hall–Kier alpha value is -3.39. The number of rotatable bonds is 5. The maximum absolute atomic E-state index is 11.8. The summed E-state index contributed by atoms with van der Waals surface area (Å²) in [6.45, 7) is 7.99. The number of aromatic nitrogens is 2. The number of nitrogens with zero attached hydrogens (tertiary/aromatic N) is 3. The van der Waals surface area contributed by atoms with Crippen molar-refractivity contribution < 1.29 is 9.53 Å². The van der Waals surface area contributed by atoms with Crippen molar-refractivity contribution in [3.8, 4) is 5.75 Å². The number of carbonyl (C=O) groups is 1. The summed E-state index contributed by atoms with van der Waals surface area (Å²) in [5.41, 5.74) is 3.42. The van der Waals surface area contributed by atoms with E-state index in [4.69, 9.17) is 17.0 Å². The van der Waals surface area contributed by atoms with Gasteiger partial charge in [-0.05, 0) is 75.0 Å². The number of methoxy groups -OCH3 is 1. The SMILES string of the molecule is COc1ccc(N2C(=S)N[C@H](c3ccccn3)[C@@H]2c2ccn(C(C)(C)C)c2)cc1NC(C)=O. The maximum Gasteiger partial charge on any atom is 0.221 e. The zero-order valence-corrected chi connectivity index (χ0v) is 20.3. The zero-order valence-electron chi connectivity index (χ0n) is 19.5. The molecule has 8 heteroatoms. The molecule has 1 aromatic carbocycles. The summed E-state index contributed by atoms with van der Waals surface area (Å²) < 4.78 is 7.64. The third kappa shape index (κ3) is 4.57. The molecule has 1 saturated heterocycles. The van der Waals surface area contributed by atoms with Crippen LogP contribution in [0.5, 0.6) is 5.75 Å². The minimum Gasteiger partial charge on any atom is -0.495 e. The number of nitrogens with one attached hydrogen (secondary N) is 2. The lowest BCUT2D eigenvalue weighted by Gasteiger charge is -2.28. The van der Waals surface area contributed by atoms with Crippen molar-refractivity contribution in [1.29, 1.82) is 0 Å². The number of ether oxygens (including phenoxy) is 1. The van der Waals surface area contributed by atoms with Gasteiger partial charge in [0.15, 0.2) is 5.11 Å². The van der Waals surface area contributed by atoms with Crippen molar-refractivity contribution in [2.45, 2.75) is 45.3 Å². The molecule has 0 saturated carbocycles. The second-order valence-corrected chi connectivity index (χ2v) is 9.47. The zero-order chi connectivity index (χ0) is 23.8. The fourth-order valence-electron chi connectivity index (χ4n) is 4.11. The van der Waals surface area contributed by atoms with E-state index in [0.29, 0.717) is 16.5 Å². The van der Waals surface area contributed by atoms with Crippen molar-refractivity contribution in [3.05, 3.63) is 72.3 Å². The van der Waals surface area contributed by atoms with Crippen LogP contribution >= 0.6 is 12.2 Å². The molecule has 0 aliphatic carbocycles. The molecule has 33 heavy (non-hydrogen) atoms. The van der Waals surface area contributed by atoms with Crippen molar-refractivity contribution in [2.75, 3.05) is 17.3 Å². The number of benzene rings is 1. The van der Waals surface area contributed by atoms with Crippen LogP contribution in [0.2, 0.25) is 0 Å². The molecular formula is C25H29N5O2S. The third-order valence-electron chi connectivity index (χ3n) is 5.70. The molecule has 1 aliphatic rings. The molecule has 3 heterocycles. The molecule has 2 atom stereocenters. The second kappa shape index (κ2) is 8.86. The maximum atomic E-state index is 11.8. The van der Waals surface area contributed by atoms with Crippen molar-refractivity contribution in [2.24, 2.45) is 0 Å². The van der Waals surface area contributed by atoms with E-state index in [1.165, 1.54) is 6.92 Å². The summed E-state index contributed by atoms with van der Waals surface area (Å²) >= 11 is 5.81. The average molecular weight is 464 g/mol. The molecule has 7 nitrogen and oxygen atoms in total. The van der Waals surface area contributed by atoms with E-state index in [1.807, 2.05) is 36.4 Å². The predicted octanol–water partition coefficient (Wildman–Crippen LogP) is 4.78. The summed E-state index contributed by atoms with van der Waals surface area (Å²) in [5.74, 6) is 0.418. The number of anilines is 2. The Morgan fingerprint density at radius 1 is 1.21 bits per heavy atom. The predicted molar refractivity (Wildman–Crippen MR) is 135 cm³/mol. The van der Waals surface area contributed by atoms with Gasteiger partial charge in [0.2, 0.25) is 5.91 Å². The standard InChI is InChI=1S/C25H29N5O2S/c1-16(31)27-20-14-18(9-10-21(20)32-5)30-23(17-11-13-29(15-17)25(2,3)4)22(28-24(30)33)19-8-6-7-12-26-19/h6-15,22-23H,1-5H3,(H,27,31)(H,28,33)/t22-,23+/m1/s1. The first kappa shape index (κ1) is 22.8. The molecule has 0 spiro atoms. The van der Waals surface area contributed by atoms with Crippen LogP contribution in [0.3, 0.4) is 0 Å². The van der Waals surface area contributed by atoms with Crippen LogP contribution in [0.4, 0.5) is 11.4 Å². The fourth-order valence-corrected chi connectivity index (χ4v) is 4.46. The summed E-state index contributed by atoms with van der Waals surface area (Å²) in [6, 6.07) is 13.4. The molecule has 1 amide bonds. The quantitative estimate of drug-likeness (QED) is 0.531. The topological polar surface area (TPSA) is 71.4 Å². The summed E-state index contributed by atoms with van der Waals surface area (Å²) in [7, 11) is 1.58. The van der Waals surface area contributed by atoms with E-state index >= 15 is 0 Å². The van der Waals surface area contributed by atoms with Crippen molar-refractivity contribution in [1.82, 2.24) is 14.9 Å². The van der Waals surface area contributed by atoms with Gasteiger partial charge >= 0.3 is 0 Å². The van der Waals surface area contributed by atoms with E-state index in [1.54, 1.807) is 13.3 Å². The van der Waals surface area contributed by atoms with Gasteiger partial charge < -0.3 is 24.8 Å². The minimum atomic E-state index is -0.169. The Bertz CT molecular complexity index is 1170. The molecule has 1 aliphatic heterocycles. The highest BCUT2D eigenvalue weighted by Gasteiger charge is 2.41. The highest BCUT2D eigenvalue weighted by Crippen LogP contribution is 2.43. The van der Waals surface area contributed by atoms with E-state index in [9.17, 15) is 4.79 Å². The first-order valence-electron chi connectivity index (χ1n) is 10.8. The number of pyridine rings is 1. The number of amides is 1. The molecule has 2 N–H and O–H groups in total. The number of hydrogen-bond acceptors (Lipinski definition) is 4. The van der Waals surface area contributed by atoms with Crippen LogP contribution < -0.4 is 20.3 Å². The van der Waals surface area contributed by atoms with Crippen LogP contribution in [0.25, 0.3) is 0 Å². The van der Waals surface area contributed by atoms with Crippen molar-refractivity contribution in [3.63, 3.8) is 0 Å². The second-order valence-electron chi connectivity index (χ2n) is 9.09. The lowest BCUT2D eigenvalue weighted by molar-refractivity contribution is -0.114. The lowest BCUT2D eigenvalue weighted by atomic mass is 9.98. The minimum absolute atomic E-state index is 0.0468. The van der Waals surface area contributed by atoms with Gasteiger partial charge in [0, 0.05) is 36.7 Å².